The van der Waals surface area contributed by atoms with Gasteiger partial charge in [-0.2, -0.15) is 9.47 Å². The number of rotatable bonds is 5. The second-order valence-electron chi connectivity index (χ2n) is 6.96. The maximum absolute atomic E-state index is 12.2. The van der Waals surface area contributed by atoms with Gasteiger partial charge in [0.15, 0.2) is 0 Å². The lowest BCUT2D eigenvalue weighted by atomic mass is 10.0. The summed E-state index contributed by atoms with van der Waals surface area (Å²) in [6.45, 7) is 2.42. The first-order chi connectivity index (χ1) is 12.8. The summed E-state index contributed by atoms with van der Waals surface area (Å²) in [5, 5.41) is 5.54. The van der Waals surface area contributed by atoms with E-state index in [1.165, 1.54) is 24.4 Å². The molecule has 0 amide bonds. The van der Waals surface area contributed by atoms with Crippen molar-refractivity contribution in [1.29, 1.82) is 0 Å². The van der Waals surface area contributed by atoms with E-state index >= 15 is 0 Å². The summed E-state index contributed by atoms with van der Waals surface area (Å²) in [5.74, 6) is 2.01. The van der Waals surface area contributed by atoms with Crippen LogP contribution in [0.4, 0.5) is 5.13 Å². The minimum Gasteiger partial charge on any atom is -0.346 e. The molecule has 0 aromatic carbocycles. The summed E-state index contributed by atoms with van der Waals surface area (Å²) in [4.78, 5) is 23.1. The molecule has 0 bridgehead atoms. The van der Waals surface area contributed by atoms with Gasteiger partial charge >= 0.3 is 0 Å². The minimum atomic E-state index is -0.0619. The van der Waals surface area contributed by atoms with Gasteiger partial charge < -0.3 is 4.90 Å². The van der Waals surface area contributed by atoms with Gasteiger partial charge in [0.1, 0.15) is 5.82 Å². The van der Waals surface area contributed by atoms with Gasteiger partial charge in [0, 0.05) is 60.5 Å². The van der Waals surface area contributed by atoms with Crippen LogP contribution in [-0.4, -0.2) is 37.2 Å². The lowest BCUT2D eigenvalue weighted by molar-refractivity contribution is 0.335. The van der Waals surface area contributed by atoms with Crippen LogP contribution in [-0.2, 0) is 6.54 Å². The molecule has 2 aliphatic rings. The van der Waals surface area contributed by atoms with E-state index in [1.54, 1.807) is 29.2 Å². The zero-order valence-corrected chi connectivity index (χ0v) is 15.0. The lowest BCUT2D eigenvalue weighted by Gasteiger charge is -2.38. The van der Waals surface area contributed by atoms with E-state index in [2.05, 4.69) is 24.3 Å². The Morgan fingerprint density at radius 2 is 1.92 bits per heavy atom. The molecule has 0 unspecified atom stereocenters. The maximum Gasteiger partial charge on any atom is 0.266 e. The molecule has 2 fully saturated rings. The molecule has 0 atom stereocenters. The number of nitrogens with zero attached hydrogens (tertiary/aromatic N) is 6. The highest BCUT2D eigenvalue weighted by Gasteiger charge is 2.33. The highest BCUT2D eigenvalue weighted by molar-refractivity contribution is 7.09. The summed E-state index contributed by atoms with van der Waals surface area (Å²) in [5.41, 5.74) is 1.69. The minimum absolute atomic E-state index is 0.0619. The normalized spacial score (nSPS) is 17.3. The third-order valence-corrected chi connectivity index (χ3v) is 5.67. The molecule has 4 heterocycles. The summed E-state index contributed by atoms with van der Waals surface area (Å²) < 4.78 is 6.04. The van der Waals surface area contributed by atoms with Crippen molar-refractivity contribution in [3.8, 4) is 11.3 Å². The predicted octanol–water partition coefficient (Wildman–Crippen LogP) is 2.17. The van der Waals surface area contributed by atoms with Gasteiger partial charge in [-0.25, -0.2) is 9.67 Å². The van der Waals surface area contributed by atoms with Gasteiger partial charge in [-0.1, -0.05) is 0 Å². The third kappa shape index (κ3) is 3.01. The zero-order chi connectivity index (χ0) is 17.5. The fourth-order valence-corrected chi connectivity index (χ4v) is 3.97. The fourth-order valence-electron chi connectivity index (χ4n) is 3.20. The Bertz CT molecular complexity index is 975. The Balaban J connectivity index is 1.26. The second-order valence-corrected chi connectivity index (χ2v) is 7.69. The molecule has 5 rings (SSSR count). The van der Waals surface area contributed by atoms with Crippen molar-refractivity contribution in [3.05, 3.63) is 52.8 Å². The average molecular weight is 366 g/mol. The van der Waals surface area contributed by atoms with E-state index < -0.39 is 0 Å². The average Bonchev–Trinajstić information content (AvgIpc) is 3.38. The monoisotopic (exact) mass is 366 g/mol. The molecule has 7 nitrogen and oxygen atoms in total. The maximum atomic E-state index is 12.2. The molecule has 1 saturated heterocycles. The van der Waals surface area contributed by atoms with Crippen molar-refractivity contribution in [2.45, 2.75) is 25.3 Å². The molecule has 132 valence electrons. The van der Waals surface area contributed by atoms with Crippen LogP contribution in [0.3, 0.4) is 0 Å². The van der Waals surface area contributed by atoms with E-state index in [0.717, 1.165) is 35.3 Å². The molecule has 3 aromatic rings. The summed E-state index contributed by atoms with van der Waals surface area (Å²) >= 11 is 1.49. The Kier molecular flexibility index (Phi) is 3.77. The van der Waals surface area contributed by atoms with Crippen molar-refractivity contribution in [2.75, 3.05) is 18.0 Å². The molecule has 8 heteroatoms. The van der Waals surface area contributed by atoms with Crippen LogP contribution < -0.4 is 10.5 Å². The molecule has 0 N–H and O–H groups in total. The quantitative estimate of drug-likeness (QED) is 0.689. The first-order valence-corrected chi connectivity index (χ1v) is 9.61. The van der Waals surface area contributed by atoms with E-state index in [9.17, 15) is 4.79 Å². The van der Waals surface area contributed by atoms with Gasteiger partial charge in [-0.3, -0.25) is 9.78 Å². The van der Waals surface area contributed by atoms with Crippen molar-refractivity contribution in [3.63, 3.8) is 0 Å². The predicted molar refractivity (Wildman–Crippen MR) is 99.3 cm³/mol. The molecule has 0 spiro atoms. The van der Waals surface area contributed by atoms with Crippen LogP contribution in [0.15, 0.2) is 41.5 Å². The third-order valence-electron chi connectivity index (χ3n) is 4.88. The molecule has 0 radical (unpaired) electrons. The molecular formula is C18H18N6OS. The number of anilines is 1. The fraction of sp³-hybridized carbons (Fsp3) is 0.389. The van der Waals surface area contributed by atoms with Crippen LogP contribution in [0.5, 0.6) is 0 Å². The number of hydrogen-bond acceptors (Lipinski definition) is 7. The van der Waals surface area contributed by atoms with E-state index in [1.807, 2.05) is 12.1 Å². The molecule has 1 aliphatic carbocycles. The van der Waals surface area contributed by atoms with Crippen LogP contribution in [0.25, 0.3) is 11.3 Å². The molecule has 1 saturated carbocycles. The van der Waals surface area contributed by atoms with Crippen LogP contribution >= 0.6 is 11.5 Å². The topological polar surface area (TPSA) is 76.8 Å². The number of hydrogen-bond donors (Lipinski definition) is 0. The van der Waals surface area contributed by atoms with E-state index in [-0.39, 0.29) is 5.56 Å². The molecule has 1 aliphatic heterocycles. The van der Waals surface area contributed by atoms with Gasteiger partial charge in [-0.15, -0.1) is 0 Å². The smallest absolute Gasteiger partial charge is 0.266 e. The van der Waals surface area contributed by atoms with Gasteiger partial charge in [0.05, 0.1) is 12.2 Å². The van der Waals surface area contributed by atoms with Gasteiger partial charge in [-0.05, 0) is 31.0 Å². The van der Waals surface area contributed by atoms with Crippen molar-refractivity contribution in [2.24, 2.45) is 5.92 Å². The molecule has 26 heavy (non-hydrogen) atoms. The number of aromatic nitrogens is 5. The van der Waals surface area contributed by atoms with Crippen LogP contribution in [0, 0.1) is 5.92 Å². The summed E-state index contributed by atoms with van der Waals surface area (Å²) in [6.07, 6.45) is 5.91. The summed E-state index contributed by atoms with van der Waals surface area (Å²) in [6, 6.07) is 7.15. The van der Waals surface area contributed by atoms with E-state index in [4.69, 9.17) is 0 Å². The van der Waals surface area contributed by atoms with Crippen LogP contribution in [0.2, 0.25) is 0 Å². The van der Waals surface area contributed by atoms with Crippen molar-refractivity contribution in [1.82, 2.24) is 24.1 Å². The van der Waals surface area contributed by atoms with Crippen LogP contribution in [0.1, 0.15) is 24.6 Å². The van der Waals surface area contributed by atoms with Gasteiger partial charge in [0.25, 0.3) is 5.56 Å². The molecular weight excluding hydrogens is 348 g/mol. The standard InChI is InChI=1S/C18H18N6OS/c25-16-4-3-15(13-5-7-19-8-6-13)21-24(16)11-12-9-23(10-12)18-20-17(22-26-18)14-1-2-14/h3-8,12,14H,1-2,9-11H2. The number of pyridine rings is 1. The molecule has 3 aromatic heterocycles. The highest BCUT2D eigenvalue weighted by Crippen LogP contribution is 2.40. The lowest BCUT2D eigenvalue weighted by Crippen LogP contribution is -2.49. The Hall–Kier alpha value is -2.61. The van der Waals surface area contributed by atoms with E-state index in [0.29, 0.717) is 18.4 Å². The van der Waals surface area contributed by atoms with Crippen molar-refractivity contribution >= 4 is 16.7 Å². The Labute approximate surface area is 154 Å². The first kappa shape index (κ1) is 15.6. The first-order valence-electron chi connectivity index (χ1n) is 8.83. The summed E-state index contributed by atoms with van der Waals surface area (Å²) in [7, 11) is 0. The SMILES string of the molecule is O=c1ccc(-c2ccncc2)nn1CC1CN(c2nc(C3CC3)ns2)C1. The Morgan fingerprint density at radius 3 is 2.69 bits per heavy atom. The second kappa shape index (κ2) is 6.28. The highest BCUT2D eigenvalue weighted by atomic mass is 32.1. The Morgan fingerprint density at radius 1 is 1.12 bits per heavy atom. The zero-order valence-electron chi connectivity index (χ0n) is 14.2. The van der Waals surface area contributed by atoms with Gasteiger partial charge in [0.2, 0.25) is 5.13 Å². The van der Waals surface area contributed by atoms with Crippen molar-refractivity contribution < 1.29 is 0 Å². The largest absolute Gasteiger partial charge is 0.346 e.